The van der Waals surface area contributed by atoms with E-state index in [0.29, 0.717) is 0 Å². The molecule has 7 N–H and O–H groups in total. The average molecular weight is 792 g/mol. The van der Waals surface area contributed by atoms with Crippen LogP contribution in [0.3, 0.4) is 0 Å². The summed E-state index contributed by atoms with van der Waals surface area (Å²) in [5.74, 6) is 0.0208. The van der Waals surface area contributed by atoms with Crippen molar-refractivity contribution in [2.75, 3.05) is 0 Å². The van der Waals surface area contributed by atoms with Crippen molar-refractivity contribution >= 4 is 30.1 Å². The number of nitrogens with one attached hydrogen (secondary N) is 5. The summed E-state index contributed by atoms with van der Waals surface area (Å²) in [6.45, 7) is 35.5. The fourth-order valence-corrected chi connectivity index (χ4v) is 3.62. The van der Waals surface area contributed by atoms with Crippen LogP contribution in [0.2, 0.25) is 0 Å². The molecule has 0 aromatic rings. The van der Waals surface area contributed by atoms with Gasteiger partial charge in [0.25, 0.3) is 0 Å². The van der Waals surface area contributed by atoms with E-state index in [9.17, 15) is 34.2 Å². The van der Waals surface area contributed by atoms with Crippen LogP contribution in [0.1, 0.15) is 157 Å². The largest absolute Gasteiger partial charge is 0.444 e. The Bertz CT molecular complexity index is 998. The Labute approximate surface area is 332 Å². The lowest BCUT2D eigenvalue weighted by Crippen LogP contribution is -2.39. The van der Waals surface area contributed by atoms with Gasteiger partial charge in [-0.3, -0.25) is 9.59 Å². The minimum Gasteiger partial charge on any atom is -0.444 e. The van der Waals surface area contributed by atoms with E-state index in [4.69, 9.17) is 14.2 Å². The van der Waals surface area contributed by atoms with E-state index in [1.165, 1.54) is 0 Å². The standard InChI is InChI=1S/2C8H15NO2.3C8H17NO2/c2*1-5(2)9-8(11)7(10)6-3-4-6;3*1-6(2)9-7(10)11-8(3,4)5/h2*5-7,10H,3-4H2,1-2H3,(H,9,11);3*6H,1-5H3,(H,9,10). The number of amides is 5. The van der Waals surface area contributed by atoms with E-state index in [2.05, 4.69) is 26.6 Å². The van der Waals surface area contributed by atoms with Gasteiger partial charge in [-0.05, 0) is 169 Å². The van der Waals surface area contributed by atoms with Gasteiger partial charge < -0.3 is 51.0 Å². The molecule has 15 heteroatoms. The summed E-state index contributed by atoms with van der Waals surface area (Å²) in [7, 11) is 0. The number of hydrogen-bond donors (Lipinski definition) is 7. The molecule has 2 aliphatic carbocycles. The highest BCUT2D eigenvalue weighted by Crippen LogP contribution is 2.33. The predicted molar refractivity (Wildman–Crippen MR) is 218 cm³/mol. The summed E-state index contributed by atoms with van der Waals surface area (Å²) in [5, 5.41) is 31.9. The van der Waals surface area contributed by atoms with Crippen LogP contribution in [-0.4, -0.2) is 99.5 Å². The summed E-state index contributed by atoms with van der Waals surface area (Å²) >= 11 is 0. The Hall–Kier alpha value is -3.33. The number of hydrogen-bond acceptors (Lipinski definition) is 10. The van der Waals surface area contributed by atoms with Crippen molar-refractivity contribution in [1.82, 2.24) is 26.6 Å². The molecular weight excluding hydrogens is 710 g/mol. The second-order valence-electron chi connectivity index (χ2n) is 18.3. The first-order valence-electron chi connectivity index (χ1n) is 19.6. The third-order valence-corrected chi connectivity index (χ3v) is 5.95. The van der Waals surface area contributed by atoms with E-state index < -0.39 is 29.0 Å². The van der Waals surface area contributed by atoms with Crippen LogP contribution in [0.25, 0.3) is 0 Å². The Morgan fingerprint density at radius 2 is 0.600 bits per heavy atom. The van der Waals surface area contributed by atoms with Gasteiger partial charge in [0.15, 0.2) is 0 Å². The molecule has 326 valence electrons. The van der Waals surface area contributed by atoms with Crippen LogP contribution in [0.5, 0.6) is 0 Å². The smallest absolute Gasteiger partial charge is 0.407 e. The molecule has 2 saturated carbocycles. The molecule has 2 unspecified atom stereocenters. The third kappa shape index (κ3) is 41.7. The molecule has 5 amide bonds. The molecule has 15 nitrogen and oxygen atoms in total. The molecule has 55 heavy (non-hydrogen) atoms. The van der Waals surface area contributed by atoms with Crippen molar-refractivity contribution < 1.29 is 48.4 Å². The van der Waals surface area contributed by atoms with Gasteiger partial charge in [0.05, 0.1) is 0 Å². The van der Waals surface area contributed by atoms with Crippen LogP contribution < -0.4 is 26.6 Å². The maximum absolute atomic E-state index is 11.1. The molecular formula is C40H81N5O10. The van der Waals surface area contributed by atoms with Gasteiger partial charge in [-0.2, -0.15) is 0 Å². The molecule has 0 aromatic heterocycles. The van der Waals surface area contributed by atoms with Crippen molar-refractivity contribution in [1.29, 1.82) is 0 Å². The van der Waals surface area contributed by atoms with E-state index in [1.807, 2.05) is 132 Å². The number of aliphatic hydroxyl groups is 2. The lowest BCUT2D eigenvalue weighted by atomic mass is 10.2. The average Bonchev–Trinajstić information content (AvgIpc) is 3.82. The maximum atomic E-state index is 11.1. The molecule has 0 aliphatic heterocycles. The molecule has 2 rings (SSSR count). The molecule has 0 saturated heterocycles. The van der Waals surface area contributed by atoms with Crippen molar-refractivity contribution in [2.24, 2.45) is 11.8 Å². The van der Waals surface area contributed by atoms with E-state index in [-0.39, 0.29) is 72.1 Å². The highest BCUT2D eigenvalue weighted by molar-refractivity contribution is 5.81. The maximum Gasteiger partial charge on any atom is 0.407 e. The van der Waals surface area contributed by atoms with Crippen molar-refractivity contribution in [3.05, 3.63) is 0 Å². The fourth-order valence-electron chi connectivity index (χ4n) is 3.62. The Morgan fingerprint density at radius 1 is 0.418 bits per heavy atom. The number of ether oxygens (including phenoxy) is 3. The number of carbonyl (C=O) groups excluding carboxylic acids is 5. The SMILES string of the molecule is CC(C)NC(=O)C(O)C1CC1.CC(C)NC(=O)C(O)C1CC1.CC(C)NC(=O)OC(C)(C)C.CC(C)NC(=O)OC(C)(C)C.CC(C)NC(=O)OC(C)(C)C. The number of aliphatic hydroxyl groups excluding tert-OH is 2. The summed E-state index contributed by atoms with van der Waals surface area (Å²) in [6, 6.07) is 0.631. The van der Waals surface area contributed by atoms with E-state index in [0.717, 1.165) is 25.7 Å². The normalized spacial score (nSPS) is 14.9. The van der Waals surface area contributed by atoms with Crippen molar-refractivity contribution in [3.8, 4) is 0 Å². The predicted octanol–water partition coefficient (Wildman–Crippen LogP) is 6.32. The molecule has 0 heterocycles. The Kier molecular flexibility index (Phi) is 27.0. The van der Waals surface area contributed by atoms with Crippen LogP contribution in [-0.2, 0) is 23.8 Å². The summed E-state index contributed by atoms with van der Waals surface area (Å²) in [4.78, 5) is 55.0. The van der Waals surface area contributed by atoms with Crippen LogP contribution in [0, 0.1) is 11.8 Å². The van der Waals surface area contributed by atoms with Crippen molar-refractivity contribution in [2.45, 2.75) is 216 Å². The zero-order chi connectivity index (χ0) is 44.1. The molecule has 0 spiro atoms. The highest BCUT2D eigenvalue weighted by atomic mass is 16.6. The van der Waals surface area contributed by atoms with Gasteiger partial charge in [-0.25, -0.2) is 14.4 Å². The fraction of sp³-hybridized carbons (Fsp3) is 0.875. The Balaban J connectivity index is -0.000000615. The van der Waals surface area contributed by atoms with E-state index in [1.54, 1.807) is 0 Å². The minimum absolute atomic E-state index is 0.121. The summed E-state index contributed by atoms with van der Waals surface area (Å²) in [5.41, 5.74) is -1.21. The molecule has 0 bridgehead atoms. The van der Waals surface area contributed by atoms with Crippen LogP contribution >= 0.6 is 0 Å². The zero-order valence-corrected chi connectivity index (χ0v) is 37.7. The Morgan fingerprint density at radius 3 is 0.727 bits per heavy atom. The number of alkyl carbamates (subject to hydrolysis) is 3. The third-order valence-electron chi connectivity index (χ3n) is 5.95. The monoisotopic (exact) mass is 792 g/mol. The van der Waals surface area contributed by atoms with E-state index >= 15 is 0 Å². The van der Waals surface area contributed by atoms with Gasteiger partial charge in [0.1, 0.15) is 29.0 Å². The minimum atomic E-state index is -0.766. The molecule has 2 atom stereocenters. The van der Waals surface area contributed by atoms with Crippen molar-refractivity contribution in [3.63, 3.8) is 0 Å². The van der Waals surface area contributed by atoms with Gasteiger partial charge in [0, 0.05) is 30.2 Å². The second kappa shape index (κ2) is 26.5. The molecule has 2 aliphatic rings. The van der Waals surface area contributed by atoms with Gasteiger partial charge >= 0.3 is 18.3 Å². The quantitative estimate of drug-likeness (QED) is 0.129. The first-order valence-corrected chi connectivity index (χ1v) is 19.6. The van der Waals surface area contributed by atoms with Crippen LogP contribution in [0.15, 0.2) is 0 Å². The topological polar surface area (TPSA) is 214 Å². The van der Waals surface area contributed by atoms with Gasteiger partial charge in [-0.15, -0.1) is 0 Å². The second-order valence-corrected chi connectivity index (χ2v) is 18.3. The molecule has 0 radical (unpaired) electrons. The van der Waals surface area contributed by atoms with Gasteiger partial charge in [-0.1, -0.05) is 0 Å². The molecule has 2 fully saturated rings. The summed E-state index contributed by atoms with van der Waals surface area (Å²) in [6.07, 6.45) is 1.38. The highest BCUT2D eigenvalue weighted by Gasteiger charge is 2.35. The lowest BCUT2D eigenvalue weighted by molar-refractivity contribution is -0.131. The van der Waals surface area contributed by atoms with Gasteiger partial charge in [0.2, 0.25) is 11.8 Å². The lowest BCUT2D eigenvalue weighted by Gasteiger charge is -2.20. The first kappa shape index (κ1) is 56.0. The first-order chi connectivity index (χ1) is 24.6. The van der Waals surface area contributed by atoms with Crippen LogP contribution in [0.4, 0.5) is 14.4 Å². The zero-order valence-electron chi connectivity index (χ0n) is 37.7. The number of rotatable bonds is 9. The molecule has 0 aromatic carbocycles. The summed E-state index contributed by atoms with van der Waals surface area (Å²) < 4.78 is 15.0. The number of carbonyl (C=O) groups is 5.